The summed E-state index contributed by atoms with van der Waals surface area (Å²) in [6, 6.07) is 3.90. The van der Waals surface area contributed by atoms with E-state index in [1.807, 2.05) is 19.1 Å². The smallest absolute Gasteiger partial charge is 0.414 e. The standard InChI is InChI=1S/C17H25BrClNO2.C2H2O4/c1-13-4-3-5-20(12-13)6-7-21-8-9-22-17-15(18)10-14(2)11-16(17)19;3-1(4)2(5)6/h10-11,13H,3-9,12H2,1-2H3;(H,3,4)(H,5,6). The molecule has 1 aliphatic rings. The van der Waals surface area contributed by atoms with Gasteiger partial charge in [0, 0.05) is 13.1 Å². The molecule has 158 valence electrons. The van der Waals surface area contributed by atoms with E-state index in [1.165, 1.54) is 25.9 Å². The minimum atomic E-state index is -1.82. The van der Waals surface area contributed by atoms with Crippen molar-refractivity contribution in [3.05, 3.63) is 27.2 Å². The highest BCUT2D eigenvalue weighted by Gasteiger charge is 2.15. The zero-order valence-electron chi connectivity index (χ0n) is 16.1. The normalized spacial score (nSPS) is 16.8. The zero-order valence-corrected chi connectivity index (χ0v) is 18.5. The number of halogens is 2. The second-order valence-electron chi connectivity index (χ2n) is 6.68. The van der Waals surface area contributed by atoms with E-state index in [0.717, 1.165) is 29.1 Å². The van der Waals surface area contributed by atoms with E-state index >= 15 is 0 Å². The van der Waals surface area contributed by atoms with Gasteiger partial charge in [0.05, 0.1) is 22.7 Å². The maximum absolute atomic E-state index is 9.10. The summed E-state index contributed by atoms with van der Waals surface area (Å²) in [7, 11) is 0. The maximum atomic E-state index is 9.10. The van der Waals surface area contributed by atoms with E-state index in [9.17, 15) is 0 Å². The molecular weight excluding hydrogens is 454 g/mol. The summed E-state index contributed by atoms with van der Waals surface area (Å²) in [5, 5.41) is 15.4. The maximum Gasteiger partial charge on any atom is 0.414 e. The first kappa shape index (κ1) is 24.7. The molecule has 1 aliphatic heterocycles. The number of carboxylic acids is 2. The molecule has 0 aliphatic carbocycles. The number of carboxylic acid groups (broad SMARTS) is 2. The molecule has 0 radical (unpaired) electrons. The topological polar surface area (TPSA) is 96.3 Å². The number of nitrogens with zero attached hydrogens (tertiary/aromatic N) is 1. The first-order chi connectivity index (χ1) is 13.2. The van der Waals surface area contributed by atoms with Gasteiger partial charge in [-0.3, -0.25) is 0 Å². The molecule has 9 heteroatoms. The Morgan fingerprint density at radius 3 is 2.50 bits per heavy atom. The predicted molar refractivity (Wildman–Crippen MR) is 110 cm³/mol. The van der Waals surface area contributed by atoms with Crippen LogP contribution in [0.4, 0.5) is 0 Å². The number of rotatable bonds is 7. The number of benzene rings is 1. The number of hydrogen-bond acceptors (Lipinski definition) is 5. The second-order valence-corrected chi connectivity index (χ2v) is 7.94. The largest absolute Gasteiger partial charge is 0.488 e. The molecule has 1 atom stereocenters. The molecule has 28 heavy (non-hydrogen) atoms. The summed E-state index contributed by atoms with van der Waals surface area (Å²) in [5.74, 6) is -2.14. The number of aliphatic carboxylic acids is 2. The van der Waals surface area contributed by atoms with E-state index in [0.29, 0.717) is 24.0 Å². The molecule has 0 bridgehead atoms. The molecule has 0 aromatic heterocycles. The molecule has 0 amide bonds. The molecule has 1 unspecified atom stereocenters. The zero-order chi connectivity index (χ0) is 21.1. The van der Waals surface area contributed by atoms with Gasteiger partial charge in [-0.2, -0.15) is 0 Å². The predicted octanol–water partition coefficient (Wildman–Crippen LogP) is 3.69. The van der Waals surface area contributed by atoms with Gasteiger partial charge in [-0.05, 0) is 65.9 Å². The molecule has 7 nitrogen and oxygen atoms in total. The van der Waals surface area contributed by atoms with Crippen molar-refractivity contribution in [2.24, 2.45) is 5.92 Å². The van der Waals surface area contributed by atoms with E-state index in [2.05, 4.69) is 27.8 Å². The van der Waals surface area contributed by atoms with Crippen molar-refractivity contribution in [2.75, 3.05) is 39.5 Å². The molecule has 2 N–H and O–H groups in total. The molecule has 1 aromatic rings. The van der Waals surface area contributed by atoms with Gasteiger partial charge in [-0.1, -0.05) is 18.5 Å². The van der Waals surface area contributed by atoms with Crippen LogP contribution in [-0.2, 0) is 14.3 Å². The Labute approximate surface area is 178 Å². The third kappa shape index (κ3) is 9.73. The SMILES string of the molecule is Cc1cc(Cl)c(OCCOCCN2CCCC(C)C2)c(Br)c1.O=C(O)C(=O)O. The minimum absolute atomic E-state index is 0.512. The Balaban J connectivity index is 0.000000568. The lowest BCUT2D eigenvalue weighted by molar-refractivity contribution is -0.159. The summed E-state index contributed by atoms with van der Waals surface area (Å²) < 4.78 is 12.3. The highest BCUT2D eigenvalue weighted by atomic mass is 79.9. The van der Waals surface area contributed by atoms with Crippen molar-refractivity contribution in [1.29, 1.82) is 0 Å². The summed E-state index contributed by atoms with van der Waals surface area (Å²) in [6.45, 7) is 9.60. The molecule has 2 rings (SSSR count). The Hall–Kier alpha value is -1.35. The van der Waals surface area contributed by atoms with Crippen LogP contribution < -0.4 is 4.74 Å². The van der Waals surface area contributed by atoms with Crippen LogP contribution in [-0.4, -0.2) is 66.5 Å². The molecule has 1 heterocycles. The van der Waals surface area contributed by atoms with Gasteiger partial charge >= 0.3 is 11.9 Å². The van der Waals surface area contributed by atoms with Crippen molar-refractivity contribution in [2.45, 2.75) is 26.7 Å². The van der Waals surface area contributed by atoms with Crippen LogP contribution in [0.2, 0.25) is 5.02 Å². The fourth-order valence-corrected chi connectivity index (χ4v) is 3.94. The molecular formula is C19H27BrClNO6. The lowest BCUT2D eigenvalue weighted by Crippen LogP contribution is -2.36. The average molecular weight is 481 g/mol. The monoisotopic (exact) mass is 479 g/mol. The fraction of sp³-hybridized carbons (Fsp3) is 0.579. The molecule has 1 fully saturated rings. The number of carbonyl (C=O) groups is 2. The van der Waals surface area contributed by atoms with Crippen LogP contribution in [0.25, 0.3) is 0 Å². The summed E-state index contributed by atoms with van der Waals surface area (Å²) in [4.78, 5) is 20.7. The Bertz CT molecular complexity index is 622. The quantitative estimate of drug-likeness (QED) is 0.454. The number of likely N-dealkylation sites (tertiary alicyclic amines) is 1. The first-order valence-corrected chi connectivity index (χ1v) is 10.2. The van der Waals surface area contributed by atoms with Gasteiger partial charge in [0.1, 0.15) is 6.61 Å². The van der Waals surface area contributed by atoms with Crippen LogP contribution >= 0.6 is 27.5 Å². The van der Waals surface area contributed by atoms with Crippen molar-refractivity contribution in [1.82, 2.24) is 4.90 Å². The van der Waals surface area contributed by atoms with Gasteiger partial charge in [0.2, 0.25) is 0 Å². The fourth-order valence-electron chi connectivity index (χ4n) is 2.81. The van der Waals surface area contributed by atoms with Gasteiger partial charge in [0.15, 0.2) is 5.75 Å². The Morgan fingerprint density at radius 1 is 1.25 bits per heavy atom. The second kappa shape index (κ2) is 13.0. The van der Waals surface area contributed by atoms with Crippen molar-refractivity contribution < 1.29 is 29.3 Å². The van der Waals surface area contributed by atoms with Gasteiger partial charge in [-0.25, -0.2) is 9.59 Å². The van der Waals surface area contributed by atoms with Crippen LogP contribution in [0, 0.1) is 12.8 Å². The molecule has 0 saturated carbocycles. The number of ether oxygens (including phenoxy) is 2. The highest BCUT2D eigenvalue weighted by Crippen LogP contribution is 2.34. The van der Waals surface area contributed by atoms with Gasteiger partial charge in [0.25, 0.3) is 0 Å². The van der Waals surface area contributed by atoms with Gasteiger partial charge in [-0.15, -0.1) is 0 Å². The lowest BCUT2D eigenvalue weighted by Gasteiger charge is -2.30. The van der Waals surface area contributed by atoms with E-state index in [4.69, 9.17) is 40.9 Å². The van der Waals surface area contributed by atoms with Crippen molar-refractivity contribution in [3.8, 4) is 5.75 Å². The molecule has 0 spiro atoms. The average Bonchev–Trinajstić information content (AvgIpc) is 2.60. The van der Waals surface area contributed by atoms with E-state index in [-0.39, 0.29) is 0 Å². The first-order valence-electron chi connectivity index (χ1n) is 9.05. The Kier molecular flexibility index (Phi) is 11.4. The third-order valence-corrected chi connectivity index (χ3v) is 4.96. The Morgan fingerprint density at radius 2 is 1.93 bits per heavy atom. The van der Waals surface area contributed by atoms with Crippen LogP contribution in [0.15, 0.2) is 16.6 Å². The lowest BCUT2D eigenvalue weighted by atomic mass is 10.0. The third-order valence-electron chi connectivity index (χ3n) is 4.09. The van der Waals surface area contributed by atoms with Crippen molar-refractivity contribution >= 4 is 39.5 Å². The van der Waals surface area contributed by atoms with E-state index in [1.54, 1.807) is 0 Å². The van der Waals surface area contributed by atoms with Crippen LogP contribution in [0.1, 0.15) is 25.3 Å². The van der Waals surface area contributed by atoms with E-state index < -0.39 is 11.9 Å². The number of aryl methyl sites for hydroxylation is 1. The summed E-state index contributed by atoms with van der Waals surface area (Å²) in [6.07, 6.45) is 2.67. The summed E-state index contributed by atoms with van der Waals surface area (Å²) in [5.41, 5.74) is 1.11. The van der Waals surface area contributed by atoms with Crippen LogP contribution in [0.5, 0.6) is 5.75 Å². The highest BCUT2D eigenvalue weighted by molar-refractivity contribution is 9.10. The summed E-state index contributed by atoms with van der Waals surface area (Å²) >= 11 is 9.67. The van der Waals surface area contributed by atoms with Crippen molar-refractivity contribution in [3.63, 3.8) is 0 Å². The van der Waals surface area contributed by atoms with Gasteiger partial charge < -0.3 is 24.6 Å². The molecule has 1 saturated heterocycles. The number of piperidine rings is 1. The minimum Gasteiger partial charge on any atom is -0.488 e. The van der Waals surface area contributed by atoms with Crippen LogP contribution in [0.3, 0.4) is 0 Å². The number of hydrogen-bond donors (Lipinski definition) is 2. The molecule has 1 aromatic carbocycles.